The molecule has 2 heterocycles. The molecule has 0 bridgehead atoms. The van der Waals surface area contributed by atoms with Crippen LogP contribution in [-0.4, -0.2) is 34.5 Å². The van der Waals surface area contributed by atoms with Gasteiger partial charge in [0.1, 0.15) is 10.6 Å². The normalized spacial score (nSPS) is 13.2. The van der Waals surface area contributed by atoms with E-state index < -0.39 is 0 Å². The number of methoxy groups -OCH3 is 1. The summed E-state index contributed by atoms with van der Waals surface area (Å²) in [4.78, 5) is 33.3. The van der Waals surface area contributed by atoms with Crippen LogP contribution in [0.5, 0.6) is 5.75 Å². The summed E-state index contributed by atoms with van der Waals surface area (Å²) in [5, 5.41) is 5.29. The second kappa shape index (κ2) is 11.2. The second-order valence-electron chi connectivity index (χ2n) is 8.74. The molecule has 0 saturated carbocycles. The largest absolute Gasteiger partial charge is 0.496 e. The Hall–Kier alpha value is -2.95. The van der Waals surface area contributed by atoms with Crippen LogP contribution < -0.4 is 15.7 Å². The maximum Gasteiger partial charge on any atom is 0.267 e. The van der Waals surface area contributed by atoms with E-state index in [-0.39, 0.29) is 17.2 Å². The predicted octanol–water partition coefficient (Wildman–Crippen LogP) is 5.65. The number of hydrazone groups is 1. The third-order valence-electron chi connectivity index (χ3n) is 6.16. The van der Waals surface area contributed by atoms with Crippen LogP contribution in [-0.2, 0) is 17.6 Å². The Bertz CT molecular complexity index is 1560. The number of carbonyl (C=O) groups excluding carboxylic acids is 1. The minimum absolute atomic E-state index is 0.0680. The molecule has 2 aromatic carbocycles. The highest BCUT2D eigenvalue weighted by Gasteiger charge is 2.23. The number of carbonyl (C=O) groups is 1. The van der Waals surface area contributed by atoms with Crippen LogP contribution in [0.2, 0.25) is 0 Å². The average Bonchev–Trinajstić information content (AvgIpc) is 3.27. The zero-order valence-electron chi connectivity index (χ0n) is 20.4. The van der Waals surface area contributed by atoms with Crippen molar-refractivity contribution < 1.29 is 9.53 Å². The number of benzene rings is 2. The number of hydrogen-bond acceptors (Lipinski definition) is 7. The third kappa shape index (κ3) is 5.51. The summed E-state index contributed by atoms with van der Waals surface area (Å²) in [6, 6.07) is 13.3. The van der Waals surface area contributed by atoms with Crippen LogP contribution in [0.15, 0.2) is 62.0 Å². The molecular weight excluding hydrogens is 572 g/mol. The molecule has 1 N–H and O–H groups in total. The Kier molecular flexibility index (Phi) is 7.78. The number of ether oxygens (including phenoxy) is 1. The molecule has 2 aromatic heterocycles. The summed E-state index contributed by atoms with van der Waals surface area (Å²) in [5.74, 6) is 0.496. The topological polar surface area (TPSA) is 85.6 Å². The van der Waals surface area contributed by atoms with Gasteiger partial charge in [-0.05, 0) is 90.0 Å². The summed E-state index contributed by atoms with van der Waals surface area (Å²) in [6.45, 7) is 2.01. The molecule has 37 heavy (non-hydrogen) atoms. The maximum atomic E-state index is 13.8. The first-order valence-electron chi connectivity index (χ1n) is 11.9. The lowest BCUT2D eigenvalue weighted by atomic mass is 9.97. The van der Waals surface area contributed by atoms with Crippen LogP contribution in [0.25, 0.3) is 15.9 Å². The standard InChI is InChI=1S/C27H25BrN4O3S2/c1-16-7-10-18(11-8-16)32-26(34)24-19-5-3-4-6-22(19)37-25(24)30-27(32)36-15-23(33)31-29-14-17-9-12-21(35-2)20(28)13-17/h7-14H,3-6,15H2,1-2H3,(H,31,33). The number of rotatable bonds is 7. The number of halogens is 1. The predicted molar refractivity (Wildman–Crippen MR) is 154 cm³/mol. The van der Waals surface area contributed by atoms with Gasteiger partial charge in [0, 0.05) is 4.88 Å². The lowest BCUT2D eigenvalue weighted by Crippen LogP contribution is -2.24. The molecule has 4 aromatic rings. The number of thioether (sulfide) groups is 1. The number of hydrogen-bond donors (Lipinski definition) is 1. The Morgan fingerprint density at radius 3 is 2.78 bits per heavy atom. The molecule has 0 radical (unpaired) electrons. The van der Waals surface area contributed by atoms with Gasteiger partial charge < -0.3 is 4.74 Å². The van der Waals surface area contributed by atoms with Crippen molar-refractivity contribution in [1.29, 1.82) is 0 Å². The van der Waals surface area contributed by atoms with Gasteiger partial charge in [-0.2, -0.15) is 5.10 Å². The first-order chi connectivity index (χ1) is 17.9. The van der Waals surface area contributed by atoms with Gasteiger partial charge >= 0.3 is 0 Å². The molecule has 1 aliphatic carbocycles. The summed E-state index contributed by atoms with van der Waals surface area (Å²) >= 11 is 6.28. The first-order valence-corrected chi connectivity index (χ1v) is 14.5. The Labute approximate surface area is 231 Å². The number of amides is 1. The van der Waals surface area contributed by atoms with Crippen LogP contribution in [0, 0.1) is 6.92 Å². The Balaban J connectivity index is 1.39. The second-order valence-corrected chi connectivity index (χ2v) is 11.6. The maximum absolute atomic E-state index is 13.8. The van der Waals surface area contributed by atoms with Crippen molar-refractivity contribution in [2.45, 2.75) is 37.8 Å². The molecule has 0 atom stereocenters. The number of thiophene rings is 1. The average molecular weight is 598 g/mol. The molecule has 0 spiro atoms. The van der Waals surface area contributed by atoms with Gasteiger partial charge in [-0.1, -0.05) is 29.5 Å². The summed E-state index contributed by atoms with van der Waals surface area (Å²) < 4.78 is 7.67. The van der Waals surface area contributed by atoms with E-state index >= 15 is 0 Å². The van der Waals surface area contributed by atoms with E-state index in [2.05, 4.69) is 26.5 Å². The zero-order chi connectivity index (χ0) is 25.9. The fourth-order valence-electron chi connectivity index (χ4n) is 4.31. The molecule has 0 unspecified atom stereocenters. The minimum Gasteiger partial charge on any atom is -0.496 e. The summed E-state index contributed by atoms with van der Waals surface area (Å²) in [6.07, 6.45) is 5.70. The lowest BCUT2D eigenvalue weighted by molar-refractivity contribution is -0.118. The van der Waals surface area contributed by atoms with Crippen molar-refractivity contribution in [2.24, 2.45) is 5.10 Å². The SMILES string of the molecule is COc1ccc(C=NNC(=O)CSc2nc3sc4c(c3c(=O)n2-c2ccc(C)cc2)CCCC4)cc1Br. The van der Waals surface area contributed by atoms with Gasteiger partial charge in [0.15, 0.2) is 5.16 Å². The van der Waals surface area contributed by atoms with E-state index in [1.54, 1.807) is 29.2 Å². The summed E-state index contributed by atoms with van der Waals surface area (Å²) in [7, 11) is 1.60. The highest BCUT2D eigenvalue weighted by molar-refractivity contribution is 9.10. The van der Waals surface area contributed by atoms with Gasteiger partial charge in [0.2, 0.25) is 0 Å². The molecule has 7 nitrogen and oxygen atoms in total. The van der Waals surface area contributed by atoms with Gasteiger partial charge in [-0.15, -0.1) is 11.3 Å². The van der Waals surface area contributed by atoms with E-state index in [9.17, 15) is 9.59 Å². The molecule has 0 fully saturated rings. The first kappa shape index (κ1) is 25.7. The van der Waals surface area contributed by atoms with Gasteiger partial charge in [0.05, 0.1) is 34.6 Å². The van der Waals surface area contributed by atoms with Crippen molar-refractivity contribution in [3.63, 3.8) is 0 Å². The van der Waals surface area contributed by atoms with E-state index in [1.807, 2.05) is 49.4 Å². The quantitative estimate of drug-likeness (QED) is 0.129. The third-order valence-corrected chi connectivity index (χ3v) is 8.91. The molecule has 1 amide bonds. The number of nitrogens with one attached hydrogen (secondary N) is 1. The fraction of sp³-hybridized carbons (Fsp3) is 0.259. The van der Waals surface area contributed by atoms with E-state index in [0.717, 1.165) is 62.8 Å². The number of fused-ring (bicyclic) bond motifs is 3. The van der Waals surface area contributed by atoms with Crippen LogP contribution >= 0.6 is 39.0 Å². The number of nitrogens with zero attached hydrogens (tertiary/aromatic N) is 3. The molecule has 190 valence electrons. The number of aryl methyl sites for hydroxylation is 3. The highest BCUT2D eigenvalue weighted by atomic mass is 79.9. The smallest absolute Gasteiger partial charge is 0.267 e. The highest BCUT2D eigenvalue weighted by Crippen LogP contribution is 2.35. The number of aromatic nitrogens is 2. The minimum atomic E-state index is -0.288. The van der Waals surface area contributed by atoms with Crippen LogP contribution in [0.4, 0.5) is 0 Å². The molecule has 1 aliphatic rings. The monoisotopic (exact) mass is 596 g/mol. The lowest BCUT2D eigenvalue weighted by Gasteiger charge is -2.13. The Morgan fingerprint density at radius 1 is 1.24 bits per heavy atom. The Morgan fingerprint density at radius 2 is 2.03 bits per heavy atom. The van der Waals surface area contributed by atoms with Gasteiger partial charge in [0.25, 0.3) is 11.5 Å². The van der Waals surface area contributed by atoms with Crippen molar-refractivity contribution in [3.05, 3.63) is 78.9 Å². The van der Waals surface area contributed by atoms with Crippen molar-refractivity contribution in [1.82, 2.24) is 15.0 Å². The molecule has 10 heteroatoms. The van der Waals surface area contributed by atoms with E-state index in [1.165, 1.54) is 16.6 Å². The molecule has 0 aliphatic heterocycles. The van der Waals surface area contributed by atoms with Crippen LogP contribution in [0.3, 0.4) is 0 Å². The van der Waals surface area contributed by atoms with E-state index in [4.69, 9.17) is 9.72 Å². The van der Waals surface area contributed by atoms with Crippen LogP contribution in [0.1, 0.15) is 34.4 Å². The van der Waals surface area contributed by atoms with Gasteiger partial charge in [-0.3, -0.25) is 14.2 Å². The molecule has 5 rings (SSSR count). The van der Waals surface area contributed by atoms with Crippen molar-refractivity contribution in [3.8, 4) is 11.4 Å². The van der Waals surface area contributed by atoms with Gasteiger partial charge in [-0.25, -0.2) is 10.4 Å². The molecule has 0 saturated heterocycles. The fourth-order valence-corrected chi connectivity index (χ4v) is 6.97. The molecular formula is C27H25BrN4O3S2. The van der Waals surface area contributed by atoms with Crippen molar-refractivity contribution >= 4 is 61.4 Å². The zero-order valence-corrected chi connectivity index (χ0v) is 23.6. The summed E-state index contributed by atoms with van der Waals surface area (Å²) in [5.41, 5.74) is 6.30. The van der Waals surface area contributed by atoms with E-state index in [0.29, 0.717) is 10.9 Å². The van der Waals surface area contributed by atoms with Crippen molar-refractivity contribution in [2.75, 3.05) is 12.9 Å².